The van der Waals surface area contributed by atoms with Gasteiger partial charge in [-0.05, 0) is 24.6 Å². The summed E-state index contributed by atoms with van der Waals surface area (Å²) in [5, 5.41) is 2.21. The number of benzene rings is 2. The smallest absolute Gasteiger partial charge is 0.419 e. The quantitative estimate of drug-likeness (QED) is 0.465. The molecule has 1 amide bonds. The fourth-order valence-corrected chi connectivity index (χ4v) is 2.26. The largest absolute Gasteiger partial charge is 0.445 e. The molecule has 27 heavy (non-hydrogen) atoms. The zero-order valence-corrected chi connectivity index (χ0v) is 14.1. The molecule has 144 valence electrons. The van der Waals surface area contributed by atoms with Gasteiger partial charge in [-0.2, -0.15) is 13.2 Å². The van der Waals surface area contributed by atoms with Gasteiger partial charge in [0.05, 0.1) is 11.6 Å². The van der Waals surface area contributed by atoms with Gasteiger partial charge in [0.25, 0.3) is 0 Å². The summed E-state index contributed by atoms with van der Waals surface area (Å²) < 4.78 is 56.8. The van der Waals surface area contributed by atoms with Gasteiger partial charge in [-0.15, -0.1) is 0 Å². The number of nitrogen functional groups attached to an aromatic ring is 1. The van der Waals surface area contributed by atoms with Crippen LogP contribution in [0.15, 0.2) is 42.5 Å². The summed E-state index contributed by atoms with van der Waals surface area (Å²) in [5.74, 6) is -2.49. The third-order valence-electron chi connectivity index (χ3n) is 3.65. The van der Waals surface area contributed by atoms with Gasteiger partial charge in [-0.1, -0.05) is 30.3 Å². The van der Waals surface area contributed by atoms with E-state index in [9.17, 15) is 27.2 Å². The van der Waals surface area contributed by atoms with E-state index in [2.05, 4.69) is 5.32 Å². The van der Waals surface area contributed by atoms with E-state index in [4.69, 9.17) is 10.5 Å². The second-order valence-electron chi connectivity index (χ2n) is 5.71. The Morgan fingerprint density at radius 2 is 1.81 bits per heavy atom. The lowest BCUT2D eigenvalue weighted by molar-refractivity contribution is -0.140. The van der Waals surface area contributed by atoms with Crippen LogP contribution < -0.4 is 11.1 Å². The topological polar surface area (TPSA) is 81.4 Å². The van der Waals surface area contributed by atoms with Crippen molar-refractivity contribution in [1.29, 1.82) is 0 Å². The van der Waals surface area contributed by atoms with E-state index in [0.29, 0.717) is 17.7 Å². The van der Waals surface area contributed by atoms with Crippen molar-refractivity contribution in [2.45, 2.75) is 25.7 Å². The van der Waals surface area contributed by atoms with E-state index < -0.39 is 46.7 Å². The van der Waals surface area contributed by atoms with E-state index >= 15 is 0 Å². The number of Topliss-reactive ketones (excluding diaryl/α,β-unsaturated/α-hetero) is 1. The molecule has 9 heteroatoms. The molecule has 0 saturated heterocycles. The van der Waals surface area contributed by atoms with Crippen LogP contribution in [0, 0.1) is 5.82 Å². The first-order chi connectivity index (χ1) is 12.6. The predicted molar refractivity (Wildman–Crippen MR) is 89.4 cm³/mol. The minimum atomic E-state index is -4.99. The number of halogens is 4. The molecule has 0 aliphatic carbocycles. The van der Waals surface area contributed by atoms with Crippen molar-refractivity contribution in [3.8, 4) is 0 Å². The number of anilines is 1. The first-order valence-corrected chi connectivity index (χ1v) is 7.77. The van der Waals surface area contributed by atoms with Gasteiger partial charge >= 0.3 is 12.3 Å². The first-order valence-electron chi connectivity index (χ1n) is 7.77. The van der Waals surface area contributed by atoms with Gasteiger partial charge < -0.3 is 15.8 Å². The highest BCUT2D eigenvalue weighted by molar-refractivity contribution is 6.05. The molecule has 0 heterocycles. The Morgan fingerprint density at radius 3 is 2.41 bits per heavy atom. The maximum absolute atomic E-state index is 13.5. The molecule has 2 aromatic carbocycles. The van der Waals surface area contributed by atoms with Crippen LogP contribution in [-0.4, -0.2) is 17.9 Å². The monoisotopic (exact) mass is 384 g/mol. The second-order valence-corrected chi connectivity index (χ2v) is 5.71. The fraction of sp³-hybridized carbons (Fsp3) is 0.222. The number of carbonyl (C=O) groups is 2. The summed E-state index contributed by atoms with van der Waals surface area (Å²) in [7, 11) is 0. The molecule has 0 bridgehead atoms. The number of alkyl carbamates (subject to hydrolysis) is 1. The van der Waals surface area contributed by atoms with Crippen molar-refractivity contribution in [3.63, 3.8) is 0 Å². The van der Waals surface area contributed by atoms with Gasteiger partial charge in [0, 0.05) is 11.3 Å². The number of amides is 1. The van der Waals surface area contributed by atoms with Crippen molar-refractivity contribution in [2.24, 2.45) is 0 Å². The number of ketones is 1. The zero-order chi connectivity index (χ0) is 20.2. The standard InChI is InChI=1S/C18H16F4N2O3/c1-10(24-17(26)27-9-11-5-3-2-4-6-11)16(25)12-7-13(18(20,21)22)14(19)8-15(12)23/h2-8,10H,9,23H2,1H3,(H,24,26)/t10-/m0/s1. The number of ether oxygens (including phenoxy) is 1. The Labute approximate surface area is 152 Å². The van der Waals surface area contributed by atoms with Crippen LogP contribution in [0.3, 0.4) is 0 Å². The minimum Gasteiger partial charge on any atom is -0.445 e. The lowest BCUT2D eigenvalue weighted by Crippen LogP contribution is -2.39. The van der Waals surface area contributed by atoms with Gasteiger partial charge in [0.1, 0.15) is 12.4 Å². The molecular weight excluding hydrogens is 368 g/mol. The molecule has 0 radical (unpaired) electrons. The fourth-order valence-electron chi connectivity index (χ4n) is 2.26. The van der Waals surface area contributed by atoms with Crippen molar-refractivity contribution >= 4 is 17.6 Å². The molecule has 2 aromatic rings. The van der Waals surface area contributed by atoms with Crippen molar-refractivity contribution in [2.75, 3.05) is 5.73 Å². The average molecular weight is 384 g/mol. The van der Waals surface area contributed by atoms with Crippen LogP contribution in [0.25, 0.3) is 0 Å². The van der Waals surface area contributed by atoms with Crippen molar-refractivity contribution < 1.29 is 31.9 Å². The maximum atomic E-state index is 13.5. The molecule has 0 spiro atoms. The number of nitrogens with two attached hydrogens (primary N) is 1. The predicted octanol–water partition coefficient (Wildman–Crippen LogP) is 3.92. The van der Waals surface area contributed by atoms with Crippen LogP contribution in [0.4, 0.5) is 28.0 Å². The third-order valence-corrected chi connectivity index (χ3v) is 3.65. The summed E-state index contributed by atoms with van der Waals surface area (Å²) in [4.78, 5) is 24.1. The number of nitrogens with one attached hydrogen (secondary N) is 1. The van der Waals surface area contributed by atoms with Crippen LogP contribution in [0.5, 0.6) is 0 Å². The highest BCUT2D eigenvalue weighted by atomic mass is 19.4. The molecule has 0 aromatic heterocycles. The highest BCUT2D eigenvalue weighted by Gasteiger charge is 2.36. The molecule has 3 N–H and O–H groups in total. The van der Waals surface area contributed by atoms with Crippen LogP contribution in [0.2, 0.25) is 0 Å². The highest BCUT2D eigenvalue weighted by Crippen LogP contribution is 2.34. The molecular formula is C18H16F4N2O3. The van der Waals surface area contributed by atoms with Crippen molar-refractivity contribution in [1.82, 2.24) is 5.32 Å². The molecule has 0 unspecified atom stereocenters. The van der Waals surface area contributed by atoms with E-state index in [1.54, 1.807) is 30.3 Å². The van der Waals surface area contributed by atoms with Gasteiger partial charge in [-0.25, -0.2) is 9.18 Å². The Morgan fingerprint density at radius 1 is 1.19 bits per heavy atom. The summed E-state index contributed by atoms with van der Waals surface area (Å²) in [6, 6.07) is 8.25. The van der Waals surface area contributed by atoms with Gasteiger partial charge in [-0.3, -0.25) is 4.79 Å². The van der Waals surface area contributed by atoms with Gasteiger partial charge in [0.2, 0.25) is 0 Å². The molecule has 0 aliphatic rings. The molecule has 5 nitrogen and oxygen atoms in total. The number of carbonyl (C=O) groups excluding carboxylic acids is 2. The van der Waals surface area contributed by atoms with Crippen LogP contribution in [0.1, 0.15) is 28.4 Å². The Hall–Kier alpha value is -3.10. The SMILES string of the molecule is C[C@H](NC(=O)OCc1ccccc1)C(=O)c1cc(C(F)(F)F)c(F)cc1N. The number of rotatable bonds is 5. The molecule has 2 rings (SSSR count). The average Bonchev–Trinajstić information content (AvgIpc) is 2.59. The molecule has 1 atom stereocenters. The van der Waals surface area contributed by atoms with Crippen LogP contribution >= 0.6 is 0 Å². The van der Waals surface area contributed by atoms with Gasteiger partial charge in [0.15, 0.2) is 5.78 Å². The van der Waals surface area contributed by atoms with Crippen molar-refractivity contribution in [3.05, 3.63) is 65.0 Å². The normalized spacial score (nSPS) is 12.3. The Kier molecular flexibility index (Phi) is 6.04. The number of alkyl halides is 3. The van der Waals surface area contributed by atoms with E-state index in [0.717, 1.165) is 0 Å². The summed E-state index contributed by atoms with van der Waals surface area (Å²) in [5.41, 5.74) is 3.56. The molecule has 0 aliphatic heterocycles. The Balaban J connectivity index is 2.07. The van der Waals surface area contributed by atoms with Crippen LogP contribution in [-0.2, 0) is 17.5 Å². The number of hydrogen-bond acceptors (Lipinski definition) is 4. The zero-order valence-electron chi connectivity index (χ0n) is 14.1. The maximum Gasteiger partial charge on any atom is 0.419 e. The summed E-state index contributed by atoms with van der Waals surface area (Å²) in [6.45, 7) is 1.20. The van der Waals surface area contributed by atoms with E-state index in [-0.39, 0.29) is 6.61 Å². The van der Waals surface area contributed by atoms with E-state index in [1.165, 1.54) is 6.92 Å². The minimum absolute atomic E-state index is 0.0511. The Bertz CT molecular complexity index is 838. The first kappa shape index (κ1) is 20.2. The van der Waals surface area contributed by atoms with E-state index in [1.807, 2.05) is 0 Å². The molecule has 0 saturated carbocycles. The lowest BCUT2D eigenvalue weighted by atomic mass is 10.00. The summed E-state index contributed by atoms with van der Waals surface area (Å²) in [6.07, 6.45) is -5.92. The third kappa shape index (κ3) is 5.19. The lowest BCUT2D eigenvalue weighted by Gasteiger charge is -2.16. The second kappa shape index (κ2) is 8.07. The molecule has 0 fully saturated rings. The summed E-state index contributed by atoms with van der Waals surface area (Å²) >= 11 is 0. The number of hydrogen-bond donors (Lipinski definition) is 2.